The molecule has 1 heterocycles. The number of ether oxygens (including phenoxy) is 1. The summed E-state index contributed by atoms with van der Waals surface area (Å²) in [6.07, 6.45) is 0. The van der Waals surface area contributed by atoms with Gasteiger partial charge >= 0.3 is 0 Å². The van der Waals surface area contributed by atoms with Crippen LogP contribution >= 0.6 is 11.6 Å². The minimum absolute atomic E-state index is 0.315. The van der Waals surface area contributed by atoms with Crippen LogP contribution in [-0.2, 0) is 6.54 Å². The van der Waals surface area contributed by atoms with Crippen LogP contribution in [0.15, 0.2) is 18.2 Å². The highest BCUT2D eigenvalue weighted by molar-refractivity contribution is 6.18. The Hall–Kier alpha value is -0.800. The van der Waals surface area contributed by atoms with Gasteiger partial charge in [-0.1, -0.05) is 19.9 Å². The fourth-order valence-electron chi connectivity index (χ4n) is 1.37. The average Bonchev–Trinajstić information content (AvgIpc) is 2.29. The number of hydrogen-bond donors (Lipinski definition) is 1. The second-order valence-corrected chi connectivity index (χ2v) is 4.37. The van der Waals surface area contributed by atoms with Gasteiger partial charge in [-0.25, -0.2) is 4.98 Å². The standard InChI is InChI=1S/C12H19ClN2O/c1-9(2)11(7-13)14-8-10-5-4-6-12(15-10)16-3/h4-6,9,11,14H,7-8H2,1-3H3. The maximum atomic E-state index is 5.88. The maximum absolute atomic E-state index is 5.88. The second kappa shape index (κ2) is 6.71. The van der Waals surface area contributed by atoms with Crippen LogP contribution in [0.2, 0.25) is 0 Å². The highest BCUT2D eigenvalue weighted by Gasteiger charge is 2.11. The molecule has 0 amide bonds. The summed E-state index contributed by atoms with van der Waals surface area (Å²) >= 11 is 5.88. The van der Waals surface area contributed by atoms with E-state index >= 15 is 0 Å². The molecule has 0 fully saturated rings. The van der Waals surface area contributed by atoms with Gasteiger partial charge in [0.1, 0.15) is 0 Å². The molecule has 0 spiro atoms. The molecular formula is C12H19ClN2O. The van der Waals surface area contributed by atoms with Gasteiger partial charge in [-0.2, -0.15) is 0 Å². The predicted molar refractivity (Wildman–Crippen MR) is 67.0 cm³/mol. The Kier molecular flexibility index (Phi) is 5.56. The lowest BCUT2D eigenvalue weighted by atomic mass is 10.1. The molecular weight excluding hydrogens is 224 g/mol. The smallest absolute Gasteiger partial charge is 0.213 e. The predicted octanol–water partition coefficient (Wildman–Crippen LogP) is 2.44. The third kappa shape index (κ3) is 3.99. The molecule has 0 radical (unpaired) electrons. The van der Waals surface area contributed by atoms with Crippen molar-refractivity contribution in [3.05, 3.63) is 23.9 Å². The number of hydrogen-bond acceptors (Lipinski definition) is 3. The molecule has 0 aliphatic rings. The van der Waals surface area contributed by atoms with Crippen LogP contribution in [0.1, 0.15) is 19.5 Å². The Morgan fingerprint density at radius 3 is 2.75 bits per heavy atom. The van der Waals surface area contributed by atoms with Gasteiger partial charge in [0.25, 0.3) is 0 Å². The summed E-state index contributed by atoms with van der Waals surface area (Å²) in [5.41, 5.74) is 0.968. The number of rotatable bonds is 6. The Balaban J connectivity index is 2.53. The third-order valence-electron chi connectivity index (χ3n) is 2.51. The van der Waals surface area contributed by atoms with Gasteiger partial charge in [-0.05, 0) is 12.0 Å². The third-order valence-corrected chi connectivity index (χ3v) is 2.84. The largest absolute Gasteiger partial charge is 0.481 e. The summed E-state index contributed by atoms with van der Waals surface area (Å²) in [7, 11) is 1.62. The van der Waals surface area contributed by atoms with Gasteiger partial charge in [-0.3, -0.25) is 0 Å². The normalized spacial score (nSPS) is 12.8. The molecule has 1 aromatic rings. The van der Waals surface area contributed by atoms with Crippen molar-refractivity contribution in [3.8, 4) is 5.88 Å². The number of nitrogens with zero attached hydrogens (tertiary/aromatic N) is 1. The zero-order valence-corrected chi connectivity index (χ0v) is 10.8. The van der Waals surface area contributed by atoms with Crippen molar-refractivity contribution in [1.82, 2.24) is 10.3 Å². The highest BCUT2D eigenvalue weighted by Crippen LogP contribution is 2.08. The molecule has 4 heteroatoms. The van der Waals surface area contributed by atoms with Gasteiger partial charge in [0.05, 0.1) is 12.8 Å². The minimum atomic E-state index is 0.315. The molecule has 0 aromatic carbocycles. The van der Waals surface area contributed by atoms with E-state index in [1.54, 1.807) is 7.11 Å². The van der Waals surface area contributed by atoms with Gasteiger partial charge in [0, 0.05) is 24.5 Å². The molecule has 90 valence electrons. The van der Waals surface area contributed by atoms with Crippen LogP contribution < -0.4 is 10.1 Å². The summed E-state index contributed by atoms with van der Waals surface area (Å²) in [4.78, 5) is 4.33. The van der Waals surface area contributed by atoms with Crippen molar-refractivity contribution in [2.75, 3.05) is 13.0 Å². The Labute approximate surface area is 102 Å². The molecule has 0 aliphatic carbocycles. The van der Waals surface area contributed by atoms with Crippen LogP contribution in [0.3, 0.4) is 0 Å². The number of halogens is 1. The van der Waals surface area contributed by atoms with Crippen molar-refractivity contribution >= 4 is 11.6 Å². The average molecular weight is 243 g/mol. The van der Waals surface area contributed by atoms with Crippen molar-refractivity contribution < 1.29 is 4.74 Å². The lowest BCUT2D eigenvalue weighted by Gasteiger charge is -2.19. The molecule has 0 aliphatic heterocycles. The number of methoxy groups -OCH3 is 1. The number of aromatic nitrogens is 1. The van der Waals surface area contributed by atoms with Gasteiger partial charge in [0.2, 0.25) is 5.88 Å². The molecule has 1 rings (SSSR count). The molecule has 3 nitrogen and oxygen atoms in total. The SMILES string of the molecule is COc1cccc(CNC(CCl)C(C)C)n1. The maximum Gasteiger partial charge on any atom is 0.213 e. The zero-order chi connectivity index (χ0) is 12.0. The summed E-state index contributed by atoms with van der Waals surface area (Å²) in [5, 5.41) is 3.39. The van der Waals surface area contributed by atoms with E-state index in [0.29, 0.717) is 30.3 Å². The quantitative estimate of drug-likeness (QED) is 0.779. The second-order valence-electron chi connectivity index (χ2n) is 4.06. The molecule has 1 unspecified atom stereocenters. The first-order chi connectivity index (χ1) is 7.67. The first-order valence-electron chi connectivity index (χ1n) is 5.46. The summed E-state index contributed by atoms with van der Waals surface area (Å²) in [6.45, 7) is 5.02. The lowest BCUT2D eigenvalue weighted by Crippen LogP contribution is -2.35. The first kappa shape index (κ1) is 13.3. The van der Waals surface area contributed by atoms with Crippen LogP contribution in [0.4, 0.5) is 0 Å². The highest BCUT2D eigenvalue weighted by atomic mass is 35.5. The first-order valence-corrected chi connectivity index (χ1v) is 6.00. The van der Waals surface area contributed by atoms with E-state index in [0.717, 1.165) is 5.69 Å². The van der Waals surface area contributed by atoms with Gasteiger partial charge in [-0.15, -0.1) is 11.6 Å². The summed E-state index contributed by atoms with van der Waals surface area (Å²) in [5.74, 6) is 1.77. The molecule has 16 heavy (non-hydrogen) atoms. The van der Waals surface area contributed by atoms with E-state index in [-0.39, 0.29) is 0 Å². The van der Waals surface area contributed by atoms with Crippen LogP contribution in [0.25, 0.3) is 0 Å². The van der Waals surface area contributed by atoms with Crippen LogP contribution in [0.5, 0.6) is 5.88 Å². The number of nitrogens with one attached hydrogen (secondary N) is 1. The summed E-state index contributed by atoms with van der Waals surface area (Å²) in [6, 6.07) is 6.06. The van der Waals surface area contributed by atoms with E-state index in [1.165, 1.54) is 0 Å². The molecule has 0 bridgehead atoms. The monoisotopic (exact) mass is 242 g/mol. The van der Waals surface area contributed by atoms with Crippen LogP contribution in [0, 0.1) is 5.92 Å². The number of pyridine rings is 1. The molecule has 0 saturated carbocycles. The molecule has 1 aromatic heterocycles. The van der Waals surface area contributed by atoms with E-state index < -0.39 is 0 Å². The fourth-order valence-corrected chi connectivity index (χ4v) is 1.84. The van der Waals surface area contributed by atoms with E-state index in [1.807, 2.05) is 18.2 Å². The molecule has 1 N–H and O–H groups in total. The van der Waals surface area contributed by atoms with Crippen LogP contribution in [-0.4, -0.2) is 24.0 Å². The van der Waals surface area contributed by atoms with Crippen molar-refractivity contribution in [3.63, 3.8) is 0 Å². The Morgan fingerprint density at radius 2 is 2.19 bits per heavy atom. The number of alkyl halides is 1. The zero-order valence-electron chi connectivity index (χ0n) is 10.0. The topological polar surface area (TPSA) is 34.1 Å². The van der Waals surface area contributed by atoms with Gasteiger partial charge < -0.3 is 10.1 Å². The van der Waals surface area contributed by atoms with Crippen molar-refractivity contribution in [1.29, 1.82) is 0 Å². The lowest BCUT2D eigenvalue weighted by molar-refractivity contribution is 0.392. The van der Waals surface area contributed by atoms with E-state index in [2.05, 4.69) is 24.1 Å². The van der Waals surface area contributed by atoms with Crippen molar-refractivity contribution in [2.45, 2.75) is 26.4 Å². The fraction of sp³-hybridized carbons (Fsp3) is 0.583. The van der Waals surface area contributed by atoms with Gasteiger partial charge in [0.15, 0.2) is 0 Å². The Morgan fingerprint density at radius 1 is 1.44 bits per heavy atom. The molecule has 0 saturated heterocycles. The minimum Gasteiger partial charge on any atom is -0.481 e. The van der Waals surface area contributed by atoms with E-state index in [9.17, 15) is 0 Å². The Bertz CT molecular complexity index is 318. The van der Waals surface area contributed by atoms with Crippen molar-refractivity contribution in [2.24, 2.45) is 5.92 Å². The van der Waals surface area contributed by atoms with E-state index in [4.69, 9.17) is 16.3 Å². The summed E-state index contributed by atoms with van der Waals surface area (Å²) < 4.78 is 5.07. The molecule has 1 atom stereocenters.